The van der Waals surface area contributed by atoms with Gasteiger partial charge in [-0.2, -0.15) is 0 Å². The van der Waals surface area contributed by atoms with Crippen LogP contribution in [0.2, 0.25) is 0 Å². The van der Waals surface area contributed by atoms with Crippen LogP contribution in [0, 0.1) is 5.41 Å². The summed E-state index contributed by atoms with van der Waals surface area (Å²) >= 11 is 3.35. The van der Waals surface area contributed by atoms with Crippen molar-refractivity contribution in [3.8, 4) is 0 Å². The molecule has 0 N–H and O–H groups in total. The number of halogens is 1. The van der Waals surface area contributed by atoms with Crippen LogP contribution in [0.3, 0.4) is 0 Å². The Morgan fingerprint density at radius 2 is 1.50 bits per heavy atom. The number of rotatable bonds is 7. The molecule has 0 radical (unpaired) electrons. The van der Waals surface area contributed by atoms with E-state index >= 15 is 0 Å². The smallest absolute Gasteiger partial charge is 0.143 e. The molecule has 0 fully saturated rings. The van der Waals surface area contributed by atoms with Crippen molar-refractivity contribution in [1.29, 1.82) is 0 Å². The fourth-order valence-corrected chi connectivity index (χ4v) is 2.54. The molecule has 0 aromatic heterocycles. The topological polar surface area (TPSA) is 51.2 Å². The van der Waals surface area contributed by atoms with E-state index < -0.39 is 5.41 Å². The van der Waals surface area contributed by atoms with Crippen molar-refractivity contribution in [2.24, 2.45) is 5.41 Å². The van der Waals surface area contributed by atoms with Gasteiger partial charge in [0.25, 0.3) is 0 Å². The molecule has 0 spiro atoms. The van der Waals surface area contributed by atoms with Crippen molar-refractivity contribution in [3.05, 3.63) is 34.3 Å². The Balaban J connectivity index is 3.08. The van der Waals surface area contributed by atoms with E-state index in [9.17, 15) is 14.4 Å². The van der Waals surface area contributed by atoms with E-state index in [-0.39, 0.29) is 30.2 Å². The second kappa shape index (κ2) is 6.93. The SMILES string of the molecule is CC(=O)CCC(Cc1ccc(Br)cc1)(C(C)=O)C(C)=O. The molecule has 0 aliphatic carbocycles. The van der Waals surface area contributed by atoms with Crippen LogP contribution in [0.15, 0.2) is 28.7 Å². The fraction of sp³-hybridized carbons (Fsp3) is 0.438. The Kier molecular flexibility index (Phi) is 5.81. The van der Waals surface area contributed by atoms with Crippen LogP contribution in [0.1, 0.15) is 39.2 Å². The summed E-state index contributed by atoms with van der Waals surface area (Å²) in [5, 5.41) is 0. The lowest BCUT2D eigenvalue weighted by Crippen LogP contribution is -2.39. The number of benzene rings is 1. The van der Waals surface area contributed by atoms with Crippen LogP contribution in [0.4, 0.5) is 0 Å². The van der Waals surface area contributed by atoms with Gasteiger partial charge in [-0.1, -0.05) is 28.1 Å². The molecule has 0 amide bonds. The largest absolute Gasteiger partial charge is 0.300 e. The predicted octanol–water partition coefficient (Wildman–Crippen LogP) is 3.53. The molecule has 0 aliphatic rings. The van der Waals surface area contributed by atoms with Gasteiger partial charge in [0.05, 0.1) is 5.41 Å². The molecule has 0 saturated carbocycles. The zero-order chi connectivity index (χ0) is 15.3. The molecule has 0 atom stereocenters. The summed E-state index contributed by atoms with van der Waals surface area (Å²) in [5.74, 6) is -0.351. The van der Waals surface area contributed by atoms with Crippen LogP contribution in [-0.2, 0) is 20.8 Å². The second-order valence-electron chi connectivity index (χ2n) is 5.20. The van der Waals surface area contributed by atoms with Crippen LogP contribution in [0.25, 0.3) is 0 Å². The van der Waals surface area contributed by atoms with Gasteiger partial charge in [-0.05, 0) is 51.3 Å². The molecular weight excluding hydrogens is 320 g/mol. The molecular formula is C16H19BrO3. The average Bonchev–Trinajstić information content (AvgIpc) is 2.35. The Labute approximate surface area is 127 Å². The van der Waals surface area contributed by atoms with Crippen molar-refractivity contribution in [2.45, 2.75) is 40.0 Å². The third-order valence-electron chi connectivity index (χ3n) is 3.67. The summed E-state index contributed by atoms with van der Waals surface area (Å²) in [7, 11) is 0. The molecule has 1 rings (SSSR count). The van der Waals surface area contributed by atoms with Crippen molar-refractivity contribution >= 4 is 33.3 Å². The summed E-state index contributed by atoms with van der Waals surface area (Å²) in [6.07, 6.45) is 0.872. The third-order valence-corrected chi connectivity index (χ3v) is 4.20. The minimum Gasteiger partial charge on any atom is -0.300 e. The molecule has 0 bridgehead atoms. The van der Waals surface area contributed by atoms with Crippen LogP contribution in [-0.4, -0.2) is 17.3 Å². The van der Waals surface area contributed by atoms with Crippen LogP contribution >= 0.6 is 15.9 Å². The Bertz CT molecular complexity index is 503. The monoisotopic (exact) mass is 338 g/mol. The molecule has 4 heteroatoms. The molecule has 20 heavy (non-hydrogen) atoms. The molecule has 0 saturated heterocycles. The molecule has 1 aromatic rings. The highest BCUT2D eigenvalue weighted by molar-refractivity contribution is 9.10. The standard InChI is InChI=1S/C16H19BrO3/c1-11(18)8-9-16(12(2)19,13(3)20)10-14-4-6-15(17)7-5-14/h4-7H,8-10H2,1-3H3. The van der Waals surface area contributed by atoms with Crippen molar-refractivity contribution in [1.82, 2.24) is 0 Å². The minimum absolute atomic E-state index is 0.00678. The van der Waals surface area contributed by atoms with E-state index in [1.165, 1.54) is 20.8 Å². The maximum absolute atomic E-state index is 12.0. The van der Waals surface area contributed by atoms with Gasteiger partial charge in [0.2, 0.25) is 0 Å². The van der Waals surface area contributed by atoms with E-state index in [4.69, 9.17) is 0 Å². The third kappa shape index (κ3) is 4.10. The van der Waals surface area contributed by atoms with Gasteiger partial charge >= 0.3 is 0 Å². The number of carbonyl (C=O) groups is 3. The first kappa shape index (κ1) is 16.8. The lowest BCUT2D eigenvalue weighted by atomic mass is 9.71. The Morgan fingerprint density at radius 3 is 1.90 bits per heavy atom. The van der Waals surface area contributed by atoms with Gasteiger partial charge in [-0.15, -0.1) is 0 Å². The Morgan fingerprint density at radius 1 is 1.00 bits per heavy atom. The van der Waals surface area contributed by atoms with Crippen molar-refractivity contribution < 1.29 is 14.4 Å². The highest BCUT2D eigenvalue weighted by atomic mass is 79.9. The number of Topliss-reactive ketones (excluding diaryl/α,β-unsaturated/α-hetero) is 3. The van der Waals surface area contributed by atoms with Gasteiger partial charge in [0.1, 0.15) is 17.3 Å². The fourth-order valence-electron chi connectivity index (χ4n) is 2.28. The molecule has 0 aliphatic heterocycles. The first-order chi connectivity index (χ1) is 9.28. The van der Waals surface area contributed by atoms with Crippen LogP contribution in [0.5, 0.6) is 0 Å². The van der Waals surface area contributed by atoms with E-state index in [1.54, 1.807) is 0 Å². The van der Waals surface area contributed by atoms with E-state index in [1.807, 2.05) is 24.3 Å². The molecule has 1 aromatic carbocycles. The van der Waals surface area contributed by atoms with Crippen LogP contribution < -0.4 is 0 Å². The van der Waals surface area contributed by atoms with E-state index in [2.05, 4.69) is 15.9 Å². The molecule has 0 unspecified atom stereocenters. The van der Waals surface area contributed by atoms with Gasteiger partial charge in [-0.3, -0.25) is 9.59 Å². The number of carbonyl (C=O) groups excluding carboxylic acids is 3. The first-order valence-electron chi connectivity index (χ1n) is 6.54. The summed E-state index contributed by atoms with van der Waals surface area (Å²) in [6, 6.07) is 7.54. The van der Waals surface area contributed by atoms with Gasteiger partial charge in [0.15, 0.2) is 0 Å². The second-order valence-corrected chi connectivity index (χ2v) is 6.12. The summed E-state index contributed by atoms with van der Waals surface area (Å²) in [6.45, 7) is 4.34. The van der Waals surface area contributed by atoms with Crippen molar-refractivity contribution in [3.63, 3.8) is 0 Å². The van der Waals surface area contributed by atoms with Gasteiger partial charge in [-0.25, -0.2) is 0 Å². The number of hydrogen-bond acceptors (Lipinski definition) is 3. The molecule has 108 valence electrons. The maximum Gasteiger partial charge on any atom is 0.143 e. The van der Waals surface area contributed by atoms with E-state index in [0.29, 0.717) is 6.42 Å². The van der Waals surface area contributed by atoms with Crippen molar-refractivity contribution in [2.75, 3.05) is 0 Å². The molecule has 3 nitrogen and oxygen atoms in total. The number of hydrogen-bond donors (Lipinski definition) is 0. The lowest BCUT2D eigenvalue weighted by molar-refractivity contribution is -0.139. The highest BCUT2D eigenvalue weighted by Gasteiger charge is 2.40. The summed E-state index contributed by atoms with van der Waals surface area (Å²) in [5.41, 5.74) is -0.165. The number of ketones is 3. The summed E-state index contributed by atoms with van der Waals surface area (Å²) in [4.78, 5) is 35.3. The van der Waals surface area contributed by atoms with Gasteiger partial charge < -0.3 is 4.79 Å². The zero-order valence-corrected chi connectivity index (χ0v) is 13.6. The maximum atomic E-state index is 12.0. The average molecular weight is 339 g/mol. The summed E-state index contributed by atoms with van der Waals surface area (Å²) < 4.78 is 0.946. The molecule has 0 heterocycles. The Hall–Kier alpha value is -1.29. The zero-order valence-electron chi connectivity index (χ0n) is 12.0. The highest BCUT2D eigenvalue weighted by Crippen LogP contribution is 2.32. The minimum atomic E-state index is -1.08. The predicted molar refractivity (Wildman–Crippen MR) is 81.6 cm³/mol. The first-order valence-corrected chi connectivity index (χ1v) is 7.33. The lowest BCUT2D eigenvalue weighted by Gasteiger charge is -2.28. The van der Waals surface area contributed by atoms with Gasteiger partial charge in [0, 0.05) is 10.9 Å². The van der Waals surface area contributed by atoms with E-state index in [0.717, 1.165) is 10.0 Å². The quantitative estimate of drug-likeness (QED) is 0.714. The normalized spacial score (nSPS) is 11.2.